The lowest BCUT2D eigenvalue weighted by Crippen LogP contribution is -2.23. The van der Waals surface area contributed by atoms with Crippen LogP contribution in [0.2, 0.25) is 0 Å². The zero-order valence-electron chi connectivity index (χ0n) is 4.28. The Balaban J connectivity index is 3.46. The Labute approximate surface area is 46.7 Å². The van der Waals surface area contributed by atoms with Gasteiger partial charge in [0.05, 0.1) is 0 Å². The maximum atomic E-state index is 11.8. The summed E-state index contributed by atoms with van der Waals surface area (Å²) < 4.78 is 34.9. The Bertz CT molecular complexity index is 52.7. The predicted octanol–water partition coefficient (Wildman–Crippen LogP) is 1.67. The van der Waals surface area contributed by atoms with Gasteiger partial charge < -0.3 is 0 Å². The summed E-state index contributed by atoms with van der Waals surface area (Å²) >= 11 is 0. The molecule has 2 unspecified atom stereocenters. The zero-order chi connectivity index (χ0) is 6.73. The first-order valence-electron chi connectivity index (χ1n) is 2.14. The van der Waals surface area contributed by atoms with Crippen molar-refractivity contribution in [3.8, 4) is 0 Å². The van der Waals surface area contributed by atoms with Crippen LogP contribution in [0.4, 0.5) is 13.2 Å². The molecule has 0 saturated heterocycles. The highest BCUT2D eigenvalue weighted by molar-refractivity contribution is 4.78. The largest absolute Gasteiger partial charge is 0.244 e. The molecular formula is C5H7F3. The van der Waals surface area contributed by atoms with Gasteiger partial charge in [-0.2, -0.15) is 0 Å². The first-order chi connectivity index (χ1) is 3.55. The van der Waals surface area contributed by atoms with Crippen molar-refractivity contribution in [2.45, 2.75) is 18.5 Å². The van der Waals surface area contributed by atoms with Crippen molar-refractivity contribution >= 4 is 0 Å². The summed E-state index contributed by atoms with van der Waals surface area (Å²) in [4.78, 5) is 0. The minimum Gasteiger partial charge on any atom is -0.244 e. The van der Waals surface area contributed by atoms with Gasteiger partial charge in [0.25, 0.3) is 0 Å². The number of hydrogen-bond donors (Lipinski definition) is 0. The minimum atomic E-state index is -2.19. The highest BCUT2D eigenvalue weighted by Crippen LogP contribution is 2.09. The van der Waals surface area contributed by atoms with Crippen molar-refractivity contribution in [3.05, 3.63) is 13.8 Å². The second kappa shape index (κ2) is 2.95. The molecule has 0 aromatic rings. The van der Waals surface area contributed by atoms with Crippen molar-refractivity contribution in [2.24, 2.45) is 0 Å². The summed E-state index contributed by atoms with van der Waals surface area (Å²) in [6, 6.07) is 0. The topological polar surface area (TPSA) is 0 Å². The molecule has 0 N–H and O–H groups in total. The lowest BCUT2D eigenvalue weighted by atomic mass is 10.2. The molecule has 3 heteroatoms. The second-order valence-corrected chi connectivity index (χ2v) is 1.48. The van der Waals surface area contributed by atoms with Crippen molar-refractivity contribution in [1.29, 1.82) is 0 Å². The standard InChI is InChI=1S/C5H7F3/c1-3(6)5(8)4(2)7/h3-5H,1-2H2. The molecule has 0 saturated carbocycles. The minimum absolute atomic E-state index is 2.01. The van der Waals surface area contributed by atoms with Gasteiger partial charge in [-0.1, -0.05) is 0 Å². The van der Waals surface area contributed by atoms with Gasteiger partial charge in [0.15, 0.2) is 6.17 Å². The summed E-state index contributed by atoms with van der Waals surface area (Å²) in [5, 5.41) is 0. The highest BCUT2D eigenvalue weighted by Gasteiger charge is 2.21. The second-order valence-electron chi connectivity index (χ2n) is 1.48. The van der Waals surface area contributed by atoms with E-state index < -0.39 is 18.5 Å². The van der Waals surface area contributed by atoms with Gasteiger partial charge in [0.2, 0.25) is 0 Å². The Morgan fingerprint density at radius 2 is 1.12 bits per heavy atom. The quantitative estimate of drug-likeness (QED) is 0.525. The lowest BCUT2D eigenvalue weighted by molar-refractivity contribution is 0.128. The van der Waals surface area contributed by atoms with Crippen LogP contribution >= 0.6 is 0 Å². The lowest BCUT2D eigenvalue weighted by Gasteiger charge is -2.08. The van der Waals surface area contributed by atoms with Gasteiger partial charge in [0, 0.05) is 0 Å². The monoisotopic (exact) mass is 124 g/mol. The smallest absolute Gasteiger partial charge is 0.162 e. The van der Waals surface area contributed by atoms with E-state index in [1.165, 1.54) is 0 Å². The van der Waals surface area contributed by atoms with Gasteiger partial charge in [-0.05, 0) is 13.8 Å². The van der Waals surface area contributed by atoms with E-state index in [1.807, 2.05) is 0 Å². The van der Waals surface area contributed by atoms with E-state index in [2.05, 4.69) is 13.8 Å². The summed E-state index contributed by atoms with van der Waals surface area (Å²) in [6.45, 7) is 5.28. The van der Waals surface area contributed by atoms with E-state index in [0.717, 1.165) is 0 Å². The van der Waals surface area contributed by atoms with E-state index in [1.54, 1.807) is 0 Å². The summed E-state index contributed by atoms with van der Waals surface area (Å²) in [5.41, 5.74) is 0. The molecule has 48 valence electrons. The van der Waals surface area contributed by atoms with E-state index in [4.69, 9.17) is 0 Å². The summed E-state index contributed by atoms with van der Waals surface area (Å²) in [7, 11) is 0. The average molecular weight is 124 g/mol. The number of hydrogen-bond acceptors (Lipinski definition) is 0. The van der Waals surface area contributed by atoms with Gasteiger partial charge in [-0.15, -0.1) is 0 Å². The molecule has 0 bridgehead atoms. The van der Waals surface area contributed by atoms with Crippen LogP contribution in [-0.4, -0.2) is 18.5 Å². The molecule has 0 spiro atoms. The van der Waals surface area contributed by atoms with Gasteiger partial charge in [0.1, 0.15) is 12.3 Å². The van der Waals surface area contributed by atoms with Crippen LogP contribution in [0.15, 0.2) is 0 Å². The third-order valence-electron chi connectivity index (χ3n) is 0.691. The van der Waals surface area contributed by atoms with Crippen LogP contribution < -0.4 is 0 Å². The first kappa shape index (κ1) is 7.79. The number of alkyl halides is 3. The molecule has 0 aliphatic carbocycles. The molecule has 2 atom stereocenters. The SMILES string of the molecule is [CH2]C(F)C(F)C([CH2])F. The first-order valence-corrected chi connectivity index (χ1v) is 2.14. The van der Waals surface area contributed by atoms with Crippen LogP contribution in [0.5, 0.6) is 0 Å². The van der Waals surface area contributed by atoms with Crippen molar-refractivity contribution < 1.29 is 13.2 Å². The van der Waals surface area contributed by atoms with Crippen LogP contribution in [0.25, 0.3) is 0 Å². The number of rotatable bonds is 2. The molecular weight excluding hydrogens is 117 g/mol. The highest BCUT2D eigenvalue weighted by atomic mass is 19.2. The maximum Gasteiger partial charge on any atom is 0.162 e. The normalized spacial score (nSPS) is 22.1. The molecule has 2 radical (unpaired) electrons. The summed E-state index contributed by atoms with van der Waals surface area (Å²) in [5.74, 6) is 0. The molecule has 0 amide bonds. The third-order valence-corrected chi connectivity index (χ3v) is 0.691. The van der Waals surface area contributed by atoms with Gasteiger partial charge >= 0.3 is 0 Å². The molecule has 0 rings (SSSR count). The van der Waals surface area contributed by atoms with E-state index in [0.29, 0.717) is 0 Å². The van der Waals surface area contributed by atoms with E-state index >= 15 is 0 Å². The van der Waals surface area contributed by atoms with Crippen LogP contribution in [0.3, 0.4) is 0 Å². The average Bonchev–Trinajstić information content (AvgIpc) is 1.64. The molecule has 0 nitrogen and oxygen atoms in total. The van der Waals surface area contributed by atoms with E-state index in [9.17, 15) is 13.2 Å². The van der Waals surface area contributed by atoms with Crippen LogP contribution in [0.1, 0.15) is 0 Å². The fraction of sp³-hybridized carbons (Fsp3) is 0.600. The maximum absolute atomic E-state index is 11.8. The third kappa shape index (κ3) is 2.19. The zero-order valence-corrected chi connectivity index (χ0v) is 4.28. The Kier molecular flexibility index (Phi) is 2.87. The van der Waals surface area contributed by atoms with Crippen molar-refractivity contribution in [3.63, 3.8) is 0 Å². The summed E-state index contributed by atoms with van der Waals surface area (Å²) in [6.07, 6.45) is -6.21. The van der Waals surface area contributed by atoms with Gasteiger partial charge in [-0.3, -0.25) is 0 Å². The fourth-order valence-electron chi connectivity index (χ4n) is 0.227. The molecule has 0 aliphatic rings. The van der Waals surface area contributed by atoms with Crippen molar-refractivity contribution in [1.82, 2.24) is 0 Å². The molecule has 0 fully saturated rings. The molecule has 0 heterocycles. The fourth-order valence-corrected chi connectivity index (χ4v) is 0.227. The number of halogens is 3. The molecule has 8 heavy (non-hydrogen) atoms. The predicted molar refractivity (Wildman–Crippen MR) is 25.4 cm³/mol. The Morgan fingerprint density at radius 3 is 1.12 bits per heavy atom. The molecule has 0 aliphatic heterocycles. The Morgan fingerprint density at radius 1 is 0.875 bits per heavy atom. The van der Waals surface area contributed by atoms with Crippen LogP contribution in [0, 0.1) is 13.8 Å². The van der Waals surface area contributed by atoms with Crippen molar-refractivity contribution in [2.75, 3.05) is 0 Å². The molecule has 0 aromatic heterocycles. The molecule has 0 aromatic carbocycles. The van der Waals surface area contributed by atoms with Crippen LogP contribution in [-0.2, 0) is 0 Å². The van der Waals surface area contributed by atoms with Gasteiger partial charge in [-0.25, -0.2) is 13.2 Å². The Hall–Kier alpha value is -0.210. The van der Waals surface area contributed by atoms with E-state index in [-0.39, 0.29) is 0 Å².